The molecule has 1 atom stereocenters. The van der Waals surface area contributed by atoms with Gasteiger partial charge in [-0.05, 0) is 17.8 Å². The van der Waals surface area contributed by atoms with Crippen LogP contribution >= 0.6 is 0 Å². The van der Waals surface area contributed by atoms with Crippen molar-refractivity contribution < 1.29 is 0 Å². The minimum absolute atomic E-state index is 0.538. The maximum Gasteiger partial charge on any atom is -0.0383 e. The van der Waals surface area contributed by atoms with Gasteiger partial charge in [0.05, 0.1) is 0 Å². The van der Waals surface area contributed by atoms with E-state index in [1.165, 1.54) is 57.8 Å². The molecule has 0 amide bonds. The molecule has 0 aromatic rings. The van der Waals surface area contributed by atoms with Gasteiger partial charge in [0.15, 0.2) is 0 Å². The van der Waals surface area contributed by atoms with E-state index in [1.807, 2.05) is 0 Å². The smallest absolute Gasteiger partial charge is 0.0383 e. The summed E-state index contributed by atoms with van der Waals surface area (Å²) >= 11 is 0. The molecule has 98 valence electrons. The van der Waals surface area contributed by atoms with Crippen molar-refractivity contribution in [2.75, 3.05) is 0 Å². The highest BCUT2D eigenvalue weighted by molar-refractivity contribution is 4.61. The van der Waals surface area contributed by atoms with E-state index in [9.17, 15) is 0 Å². The Labute approximate surface area is 104 Å². The SMILES string of the molecule is CCC(C)CCCCCCCCC(C)(C)C. The van der Waals surface area contributed by atoms with E-state index in [-0.39, 0.29) is 0 Å². The van der Waals surface area contributed by atoms with Crippen LogP contribution in [0.25, 0.3) is 0 Å². The zero-order valence-corrected chi connectivity index (χ0v) is 12.4. The Morgan fingerprint density at radius 1 is 0.812 bits per heavy atom. The Hall–Kier alpha value is 0. The molecule has 1 unspecified atom stereocenters. The first kappa shape index (κ1) is 16.0. The minimum Gasteiger partial charge on any atom is -0.0651 e. The van der Waals surface area contributed by atoms with Crippen LogP contribution in [-0.2, 0) is 0 Å². The van der Waals surface area contributed by atoms with Crippen molar-refractivity contribution >= 4 is 0 Å². The summed E-state index contributed by atoms with van der Waals surface area (Å²) in [7, 11) is 0. The summed E-state index contributed by atoms with van der Waals surface area (Å²) < 4.78 is 0. The predicted octanol–water partition coefficient (Wildman–Crippen LogP) is 6.20. The summed E-state index contributed by atoms with van der Waals surface area (Å²) in [4.78, 5) is 0. The van der Waals surface area contributed by atoms with E-state index in [0.29, 0.717) is 5.41 Å². The third-order valence-electron chi connectivity index (χ3n) is 3.57. The Morgan fingerprint density at radius 3 is 1.81 bits per heavy atom. The second-order valence-corrected chi connectivity index (χ2v) is 6.73. The topological polar surface area (TPSA) is 0 Å². The number of rotatable bonds is 9. The molecule has 0 saturated carbocycles. The summed E-state index contributed by atoms with van der Waals surface area (Å²) in [5.74, 6) is 0.945. The highest BCUT2D eigenvalue weighted by Gasteiger charge is 2.08. The molecule has 0 aliphatic rings. The van der Waals surface area contributed by atoms with Gasteiger partial charge in [-0.3, -0.25) is 0 Å². The van der Waals surface area contributed by atoms with Gasteiger partial charge in [0.25, 0.3) is 0 Å². The normalized spacial score (nSPS) is 14.1. The lowest BCUT2D eigenvalue weighted by atomic mass is 9.89. The molecule has 0 heteroatoms. The van der Waals surface area contributed by atoms with Gasteiger partial charge >= 0.3 is 0 Å². The van der Waals surface area contributed by atoms with Crippen LogP contribution in [0, 0.1) is 11.3 Å². The van der Waals surface area contributed by atoms with Crippen LogP contribution in [0.1, 0.15) is 92.4 Å². The van der Waals surface area contributed by atoms with Crippen molar-refractivity contribution in [2.24, 2.45) is 11.3 Å². The summed E-state index contributed by atoms with van der Waals surface area (Å²) in [6.07, 6.45) is 12.9. The van der Waals surface area contributed by atoms with Crippen LogP contribution in [0.15, 0.2) is 0 Å². The maximum absolute atomic E-state index is 2.38. The predicted molar refractivity (Wildman–Crippen MR) is 75.8 cm³/mol. The molecule has 0 bridgehead atoms. The lowest BCUT2D eigenvalue weighted by Gasteiger charge is -2.17. The molecule has 0 aromatic carbocycles. The average Bonchev–Trinajstić information content (AvgIpc) is 2.20. The van der Waals surface area contributed by atoms with Crippen molar-refractivity contribution in [3.05, 3.63) is 0 Å². The second kappa shape index (κ2) is 9.07. The second-order valence-electron chi connectivity index (χ2n) is 6.73. The molecular weight excluding hydrogens is 192 g/mol. The molecule has 0 aromatic heterocycles. The van der Waals surface area contributed by atoms with Gasteiger partial charge in [-0.15, -0.1) is 0 Å². The first-order chi connectivity index (χ1) is 7.45. The molecule has 0 spiro atoms. The van der Waals surface area contributed by atoms with Gasteiger partial charge in [0.1, 0.15) is 0 Å². The standard InChI is InChI=1S/C16H34/c1-6-15(2)13-11-9-7-8-10-12-14-16(3,4)5/h15H,6-14H2,1-5H3. The van der Waals surface area contributed by atoms with Gasteiger partial charge in [-0.2, -0.15) is 0 Å². The first-order valence-corrected chi connectivity index (χ1v) is 7.45. The van der Waals surface area contributed by atoms with Gasteiger partial charge in [0.2, 0.25) is 0 Å². The maximum atomic E-state index is 2.38. The van der Waals surface area contributed by atoms with Crippen LogP contribution in [0.3, 0.4) is 0 Å². The quantitative estimate of drug-likeness (QED) is 0.411. The Kier molecular flexibility index (Phi) is 9.07. The van der Waals surface area contributed by atoms with E-state index in [0.717, 1.165) is 5.92 Å². The van der Waals surface area contributed by atoms with E-state index >= 15 is 0 Å². The molecule has 0 aliphatic carbocycles. The van der Waals surface area contributed by atoms with Gasteiger partial charge in [-0.25, -0.2) is 0 Å². The van der Waals surface area contributed by atoms with Crippen molar-refractivity contribution in [3.8, 4) is 0 Å². The van der Waals surface area contributed by atoms with Gasteiger partial charge < -0.3 is 0 Å². The minimum atomic E-state index is 0.538. The van der Waals surface area contributed by atoms with Crippen molar-refractivity contribution in [3.63, 3.8) is 0 Å². The molecule has 0 aliphatic heterocycles. The third kappa shape index (κ3) is 12.1. The summed E-state index contributed by atoms with van der Waals surface area (Å²) in [6.45, 7) is 11.7. The number of unbranched alkanes of at least 4 members (excludes halogenated alkanes) is 5. The zero-order chi connectivity index (χ0) is 12.4. The molecule has 0 fully saturated rings. The Morgan fingerprint density at radius 2 is 1.31 bits per heavy atom. The molecule has 0 radical (unpaired) electrons. The van der Waals surface area contributed by atoms with Crippen LogP contribution in [0.2, 0.25) is 0 Å². The monoisotopic (exact) mass is 226 g/mol. The molecule has 0 N–H and O–H groups in total. The number of hydrogen-bond donors (Lipinski definition) is 0. The molecule has 16 heavy (non-hydrogen) atoms. The fourth-order valence-corrected chi connectivity index (χ4v) is 2.06. The lowest BCUT2D eigenvalue weighted by Crippen LogP contribution is -2.03. The molecule has 0 rings (SSSR count). The van der Waals surface area contributed by atoms with Crippen molar-refractivity contribution in [2.45, 2.75) is 92.4 Å². The Bertz CT molecular complexity index is 141. The molecular formula is C16H34. The highest BCUT2D eigenvalue weighted by atomic mass is 14.1. The van der Waals surface area contributed by atoms with Crippen LogP contribution in [-0.4, -0.2) is 0 Å². The van der Waals surface area contributed by atoms with Crippen LogP contribution in [0.5, 0.6) is 0 Å². The summed E-state index contributed by atoms with van der Waals surface area (Å²) in [5, 5.41) is 0. The third-order valence-corrected chi connectivity index (χ3v) is 3.57. The fraction of sp³-hybridized carbons (Fsp3) is 1.00. The first-order valence-electron chi connectivity index (χ1n) is 7.45. The van der Waals surface area contributed by atoms with E-state index < -0.39 is 0 Å². The van der Waals surface area contributed by atoms with E-state index in [4.69, 9.17) is 0 Å². The average molecular weight is 226 g/mol. The van der Waals surface area contributed by atoms with Crippen molar-refractivity contribution in [1.29, 1.82) is 0 Å². The van der Waals surface area contributed by atoms with Crippen LogP contribution < -0.4 is 0 Å². The molecule has 0 heterocycles. The highest BCUT2D eigenvalue weighted by Crippen LogP contribution is 2.22. The Balaban J connectivity index is 3.10. The summed E-state index contributed by atoms with van der Waals surface area (Å²) in [6, 6.07) is 0. The fourth-order valence-electron chi connectivity index (χ4n) is 2.06. The number of hydrogen-bond acceptors (Lipinski definition) is 0. The van der Waals surface area contributed by atoms with Gasteiger partial charge in [0, 0.05) is 0 Å². The molecule has 0 nitrogen and oxygen atoms in total. The molecule has 0 saturated heterocycles. The zero-order valence-electron chi connectivity index (χ0n) is 12.4. The largest absolute Gasteiger partial charge is 0.0651 e. The van der Waals surface area contributed by atoms with E-state index in [2.05, 4.69) is 34.6 Å². The summed E-state index contributed by atoms with van der Waals surface area (Å²) in [5.41, 5.74) is 0.538. The van der Waals surface area contributed by atoms with Crippen molar-refractivity contribution in [1.82, 2.24) is 0 Å². The lowest BCUT2D eigenvalue weighted by molar-refractivity contribution is 0.356. The van der Waals surface area contributed by atoms with Gasteiger partial charge in [-0.1, -0.05) is 86.0 Å². The van der Waals surface area contributed by atoms with E-state index in [1.54, 1.807) is 0 Å². The van der Waals surface area contributed by atoms with Crippen LogP contribution in [0.4, 0.5) is 0 Å².